The number of benzene rings is 2. The summed E-state index contributed by atoms with van der Waals surface area (Å²) in [5, 5.41) is 7.52. The van der Waals surface area contributed by atoms with Crippen LogP contribution in [0.25, 0.3) is 0 Å². The Bertz CT molecular complexity index is 1200. The van der Waals surface area contributed by atoms with Crippen molar-refractivity contribution in [2.24, 2.45) is 0 Å². The van der Waals surface area contributed by atoms with Crippen molar-refractivity contribution in [3.63, 3.8) is 0 Å². The van der Waals surface area contributed by atoms with Crippen LogP contribution in [0.2, 0.25) is 5.02 Å². The second-order valence-electron chi connectivity index (χ2n) is 7.41. The molecule has 0 fully saturated rings. The third kappa shape index (κ3) is 4.98. The lowest BCUT2D eigenvalue weighted by Gasteiger charge is -2.14. The molecule has 0 unspecified atom stereocenters. The van der Waals surface area contributed by atoms with Crippen LogP contribution >= 0.6 is 11.6 Å². The number of carbonyl (C=O) groups excluding carboxylic acids is 1. The highest BCUT2D eigenvalue weighted by atomic mass is 35.5. The number of aromatic nitrogens is 2. The number of nitrogens with one attached hydrogen (secondary N) is 1. The van der Waals surface area contributed by atoms with E-state index in [0.29, 0.717) is 6.54 Å². The minimum atomic E-state index is -3.76. The zero-order valence-electron chi connectivity index (χ0n) is 17.9. The number of amides is 1. The second kappa shape index (κ2) is 9.21. The molecule has 0 bridgehead atoms. The zero-order valence-corrected chi connectivity index (χ0v) is 19.5. The van der Waals surface area contributed by atoms with Crippen LogP contribution in [0.5, 0.6) is 0 Å². The Labute approximate surface area is 187 Å². The number of hydrogen-bond donors (Lipinski definition) is 1. The minimum absolute atomic E-state index is 0.0686. The fourth-order valence-electron chi connectivity index (χ4n) is 3.21. The van der Waals surface area contributed by atoms with Gasteiger partial charge in [-0.25, -0.2) is 12.7 Å². The summed E-state index contributed by atoms with van der Waals surface area (Å²) in [5.74, 6) is -0.388. The molecule has 1 N–H and O–H groups in total. The Balaban J connectivity index is 1.77. The summed E-state index contributed by atoms with van der Waals surface area (Å²) in [6, 6.07) is 14.2. The first-order valence-electron chi connectivity index (χ1n) is 9.68. The van der Waals surface area contributed by atoms with Gasteiger partial charge in [-0.05, 0) is 37.6 Å². The molecule has 164 valence electrons. The first kappa shape index (κ1) is 23.0. The molecule has 31 heavy (non-hydrogen) atoms. The van der Waals surface area contributed by atoms with E-state index in [2.05, 4.69) is 10.4 Å². The Kier molecular flexibility index (Phi) is 6.83. The number of rotatable bonds is 7. The maximum absolute atomic E-state index is 12.7. The third-order valence-electron chi connectivity index (χ3n) is 5.08. The van der Waals surface area contributed by atoms with E-state index in [1.165, 1.54) is 32.3 Å². The Morgan fingerprint density at radius 3 is 2.45 bits per heavy atom. The lowest BCUT2D eigenvalue weighted by Crippen LogP contribution is -2.25. The normalized spacial score (nSPS) is 11.7. The summed E-state index contributed by atoms with van der Waals surface area (Å²) in [7, 11) is -0.935. The van der Waals surface area contributed by atoms with Crippen molar-refractivity contribution in [1.29, 1.82) is 0 Å². The largest absolute Gasteiger partial charge is 0.348 e. The van der Waals surface area contributed by atoms with Gasteiger partial charge >= 0.3 is 0 Å². The molecule has 9 heteroatoms. The van der Waals surface area contributed by atoms with Crippen molar-refractivity contribution in [2.45, 2.75) is 31.8 Å². The van der Waals surface area contributed by atoms with E-state index in [0.717, 1.165) is 26.8 Å². The van der Waals surface area contributed by atoms with E-state index in [1.54, 1.807) is 0 Å². The molecule has 0 saturated carbocycles. The van der Waals surface area contributed by atoms with Gasteiger partial charge in [0.1, 0.15) is 4.90 Å². The van der Waals surface area contributed by atoms with Crippen molar-refractivity contribution in [2.75, 3.05) is 14.1 Å². The van der Waals surface area contributed by atoms with Crippen LogP contribution < -0.4 is 5.32 Å². The number of halogens is 1. The summed E-state index contributed by atoms with van der Waals surface area (Å²) in [6.45, 7) is 4.79. The summed E-state index contributed by atoms with van der Waals surface area (Å²) in [4.78, 5) is 12.6. The molecule has 0 aliphatic heterocycles. The number of hydrogen-bond acceptors (Lipinski definition) is 4. The molecule has 0 aliphatic rings. The second-order valence-corrected chi connectivity index (χ2v) is 9.94. The fraction of sp³-hybridized carbons (Fsp3) is 0.273. The molecule has 1 aromatic heterocycles. The predicted octanol–water partition coefficient (Wildman–Crippen LogP) is 3.38. The molecule has 0 atom stereocenters. The van der Waals surface area contributed by atoms with E-state index in [4.69, 9.17) is 11.6 Å². The Hall–Kier alpha value is -2.68. The average Bonchev–Trinajstić information content (AvgIpc) is 2.99. The highest BCUT2D eigenvalue weighted by Crippen LogP contribution is 2.25. The van der Waals surface area contributed by atoms with E-state index < -0.39 is 10.0 Å². The molecule has 1 amide bonds. The zero-order chi connectivity index (χ0) is 22.8. The molecule has 3 rings (SSSR count). The maximum Gasteiger partial charge on any atom is 0.251 e. The highest BCUT2D eigenvalue weighted by Gasteiger charge is 2.22. The summed E-state index contributed by atoms with van der Waals surface area (Å²) < 4.78 is 27.9. The SMILES string of the molecule is Cc1nn(Cc2ccccc2)c(C)c1CNC(=O)c1ccc(Cl)c(S(=O)(=O)N(C)C)c1. The number of sulfonamides is 1. The monoisotopic (exact) mass is 460 g/mol. The number of nitrogens with zero attached hydrogens (tertiary/aromatic N) is 3. The molecule has 7 nitrogen and oxygen atoms in total. The Morgan fingerprint density at radius 1 is 1.13 bits per heavy atom. The Morgan fingerprint density at radius 2 is 1.81 bits per heavy atom. The van der Waals surface area contributed by atoms with Crippen molar-refractivity contribution >= 4 is 27.5 Å². The first-order valence-corrected chi connectivity index (χ1v) is 11.5. The van der Waals surface area contributed by atoms with E-state index in [-0.39, 0.29) is 27.9 Å². The van der Waals surface area contributed by atoms with Crippen LogP contribution in [-0.4, -0.2) is 42.5 Å². The maximum atomic E-state index is 12.7. The van der Waals surface area contributed by atoms with Crippen molar-refractivity contribution in [3.05, 3.63) is 81.6 Å². The number of carbonyl (C=O) groups is 1. The first-order chi connectivity index (χ1) is 14.6. The summed E-state index contributed by atoms with van der Waals surface area (Å²) >= 11 is 6.06. The van der Waals surface area contributed by atoms with Gasteiger partial charge in [0.15, 0.2) is 0 Å². The lowest BCUT2D eigenvalue weighted by molar-refractivity contribution is 0.0950. The van der Waals surface area contributed by atoms with Gasteiger partial charge in [0.2, 0.25) is 10.0 Å². The van der Waals surface area contributed by atoms with Crippen LogP contribution in [0.1, 0.15) is 32.9 Å². The van der Waals surface area contributed by atoms with Crippen LogP contribution in [-0.2, 0) is 23.1 Å². The van der Waals surface area contributed by atoms with Gasteiger partial charge in [-0.2, -0.15) is 5.10 Å². The molecular weight excluding hydrogens is 436 g/mol. The van der Waals surface area contributed by atoms with Gasteiger partial charge in [-0.15, -0.1) is 0 Å². The number of aryl methyl sites for hydroxylation is 1. The highest BCUT2D eigenvalue weighted by molar-refractivity contribution is 7.89. The fourth-order valence-corrected chi connectivity index (χ4v) is 4.60. The molecule has 2 aromatic carbocycles. The molecule has 0 aliphatic carbocycles. The smallest absolute Gasteiger partial charge is 0.251 e. The summed E-state index contributed by atoms with van der Waals surface area (Å²) in [5.41, 5.74) is 4.09. The molecule has 0 saturated heterocycles. The van der Waals surface area contributed by atoms with E-state index in [1.807, 2.05) is 48.9 Å². The van der Waals surface area contributed by atoms with Gasteiger partial charge in [0, 0.05) is 37.5 Å². The van der Waals surface area contributed by atoms with Gasteiger partial charge in [-0.3, -0.25) is 9.48 Å². The summed E-state index contributed by atoms with van der Waals surface area (Å²) in [6.07, 6.45) is 0. The third-order valence-corrected chi connectivity index (χ3v) is 7.38. The average molecular weight is 461 g/mol. The lowest BCUT2D eigenvalue weighted by atomic mass is 10.1. The van der Waals surface area contributed by atoms with Crippen LogP contribution in [0, 0.1) is 13.8 Å². The van der Waals surface area contributed by atoms with Crippen LogP contribution in [0.15, 0.2) is 53.4 Å². The van der Waals surface area contributed by atoms with Gasteiger partial charge in [0.25, 0.3) is 5.91 Å². The molecular formula is C22H25ClN4O3S. The van der Waals surface area contributed by atoms with Gasteiger partial charge in [-0.1, -0.05) is 41.9 Å². The standard InChI is InChI=1S/C22H25ClN4O3S/c1-15-19(16(2)27(25-15)14-17-8-6-5-7-9-17)13-24-22(28)18-10-11-20(23)21(12-18)31(29,30)26(3)4/h5-12H,13-14H2,1-4H3,(H,24,28). The van der Waals surface area contributed by atoms with Gasteiger partial charge < -0.3 is 5.32 Å². The van der Waals surface area contributed by atoms with Crippen molar-refractivity contribution < 1.29 is 13.2 Å². The quantitative estimate of drug-likeness (QED) is 0.585. The van der Waals surface area contributed by atoms with Crippen LogP contribution in [0.4, 0.5) is 0 Å². The minimum Gasteiger partial charge on any atom is -0.348 e. The van der Waals surface area contributed by atoms with E-state index >= 15 is 0 Å². The van der Waals surface area contributed by atoms with Gasteiger partial charge in [0.05, 0.1) is 17.3 Å². The molecule has 0 radical (unpaired) electrons. The topological polar surface area (TPSA) is 84.3 Å². The van der Waals surface area contributed by atoms with E-state index in [9.17, 15) is 13.2 Å². The van der Waals surface area contributed by atoms with Crippen LogP contribution in [0.3, 0.4) is 0 Å². The predicted molar refractivity (Wildman–Crippen MR) is 121 cm³/mol. The molecule has 0 spiro atoms. The van der Waals surface area contributed by atoms with Crippen molar-refractivity contribution in [3.8, 4) is 0 Å². The molecule has 1 heterocycles. The van der Waals surface area contributed by atoms with Crippen molar-refractivity contribution in [1.82, 2.24) is 19.4 Å². The molecule has 3 aromatic rings.